The van der Waals surface area contributed by atoms with Gasteiger partial charge in [0.2, 0.25) is 0 Å². The number of hydrazine groups is 1. The van der Waals surface area contributed by atoms with Gasteiger partial charge in [-0.15, -0.1) is 0 Å². The normalized spacial score (nSPS) is 10.9. The number of hydrogen-bond donors (Lipinski definition) is 1. The highest BCUT2D eigenvalue weighted by atomic mass is 16.2. The molecule has 0 bridgehead atoms. The van der Waals surface area contributed by atoms with E-state index < -0.39 is 11.4 Å². The second-order valence-corrected chi connectivity index (χ2v) is 7.89. The third-order valence-electron chi connectivity index (χ3n) is 4.53. The van der Waals surface area contributed by atoms with E-state index in [1.54, 1.807) is 72.8 Å². The fraction of sp³-hybridized carbons (Fsp3) is 0.160. The van der Waals surface area contributed by atoms with Crippen LogP contribution in [0.3, 0.4) is 0 Å². The molecule has 0 aliphatic heterocycles. The Morgan fingerprint density at radius 2 is 1.17 bits per heavy atom. The van der Waals surface area contributed by atoms with Crippen molar-refractivity contribution < 1.29 is 14.4 Å². The van der Waals surface area contributed by atoms with Crippen molar-refractivity contribution in [2.75, 3.05) is 0 Å². The Bertz CT molecular complexity index is 1050. The first-order chi connectivity index (χ1) is 14.3. The zero-order valence-corrected chi connectivity index (χ0v) is 17.3. The van der Waals surface area contributed by atoms with E-state index in [1.807, 2.05) is 32.9 Å². The molecule has 152 valence electrons. The maximum Gasteiger partial charge on any atom is 0.272 e. The topological polar surface area (TPSA) is 66.5 Å². The Kier molecular flexibility index (Phi) is 6.11. The summed E-state index contributed by atoms with van der Waals surface area (Å²) in [6.45, 7) is 5.51. The number of carbonyl (C=O) groups is 3. The molecule has 30 heavy (non-hydrogen) atoms. The zero-order valence-electron chi connectivity index (χ0n) is 17.3. The van der Waals surface area contributed by atoms with Gasteiger partial charge in [0, 0.05) is 22.3 Å². The third-order valence-corrected chi connectivity index (χ3v) is 4.53. The van der Waals surface area contributed by atoms with Gasteiger partial charge in [-0.05, 0) is 45.0 Å². The van der Waals surface area contributed by atoms with Crippen molar-refractivity contribution in [1.82, 2.24) is 10.4 Å². The predicted octanol–water partition coefficient (Wildman–Crippen LogP) is 4.50. The van der Waals surface area contributed by atoms with E-state index in [-0.39, 0.29) is 11.7 Å². The molecule has 5 heteroatoms. The smallest absolute Gasteiger partial charge is 0.272 e. The van der Waals surface area contributed by atoms with Crippen molar-refractivity contribution in [3.05, 3.63) is 107 Å². The molecule has 3 rings (SSSR count). The average Bonchev–Trinajstić information content (AvgIpc) is 2.77. The lowest BCUT2D eigenvalue weighted by Crippen LogP contribution is -2.55. The summed E-state index contributed by atoms with van der Waals surface area (Å²) in [6, 6.07) is 24.1. The van der Waals surface area contributed by atoms with Crippen LogP contribution >= 0.6 is 0 Å². The molecule has 0 aromatic heterocycles. The van der Waals surface area contributed by atoms with E-state index in [4.69, 9.17) is 0 Å². The van der Waals surface area contributed by atoms with Gasteiger partial charge < -0.3 is 0 Å². The van der Waals surface area contributed by atoms with Gasteiger partial charge in [-0.1, -0.05) is 60.7 Å². The van der Waals surface area contributed by atoms with Crippen molar-refractivity contribution in [3.8, 4) is 0 Å². The minimum Gasteiger partial charge on any atom is -0.289 e. The van der Waals surface area contributed by atoms with Gasteiger partial charge in [0.1, 0.15) is 0 Å². The maximum absolute atomic E-state index is 13.0. The van der Waals surface area contributed by atoms with Crippen LogP contribution in [0.4, 0.5) is 0 Å². The minimum absolute atomic E-state index is 0.168. The highest BCUT2D eigenvalue weighted by Crippen LogP contribution is 2.17. The second kappa shape index (κ2) is 8.74. The molecule has 0 saturated heterocycles. The number of rotatable bonds is 4. The number of nitrogens with one attached hydrogen (secondary N) is 1. The van der Waals surface area contributed by atoms with Crippen LogP contribution in [-0.2, 0) is 0 Å². The van der Waals surface area contributed by atoms with Crippen LogP contribution < -0.4 is 5.43 Å². The van der Waals surface area contributed by atoms with Crippen LogP contribution in [0.1, 0.15) is 57.4 Å². The molecule has 0 heterocycles. The fourth-order valence-corrected chi connectivity index (χ4v) is 2.96. The SMILES string of the molecule is CC(C)(C)N(NC(=O)c1cccc(C(=O)c2ccccc2)c1)C(=O)c1ccccc1. The minimum atomic E-state index is -0.653. The van der Waals surface area contributed by atoms with Gasteiger partial charge in [-0.3, -0.25) is 19.8 Å². The third kappa shape index (κ3) is 4.81. The van der Waals surface area contributed by atoms with Crippen LogP contribution in [0.5, 0.6) is 0 Å². The molecule has 5 nitrogen and oxygen atoms in total. The molecule has 0 unspecified atom stereocenters. The van der Waals surface area contributed by atoms with E-state index in [0.717, 1.165) is 0 Å². The van der Waals surface area contributed by atoms with Crippen molar-refractivity contribution in [2.45, 2.75) is 26.3 Å². The highest BCUT2D eigenvalue weighted by molar-refractivity contribution is 6.10. The Labute approximate surface area is 176 Å². The molecule has 3 aromatic rings. The molecule has 2 amide bonds. The van der Waals surface area contributed by atoms with E-state index in [1.165, 1.54) is 5.01 Å². The molecule has 0 saturated carbocycles. The average molecular weight is 400 g/mol. The van der Waals surface area contributed by atoms with Gasteiger partial charge in [0.15, 0.2) is 5.78 Å². The van der Waals surface area contributed by atoms with Crippen molar-refractivity contribution in [1.29, 1.82) is 0 Å². The quantitative estimate of drug-likeness (QED) is 0.518. The molecule has 0 atom stereocenters. The molecule has 3 aromatic carbocycles. The summed E-state index contributed by atoms with van der Waals surface area (Å²) in [5, 5.41) is 1.32. The maximum atomic E-state index is 13.0. The first kappa shape index (κ1) is 21.0. The van der Waals surface area contributed by atoms with Gasteiger partial charge in [0.25, 0.3) is 11.8 Å². The zero-order chi connectivity index (χ0) is 21.7. The van der Waals surface area contributed by atoms with E-state index >= 15 is 0 Å². The van der Waals surface area contributed by atoms with Crippen molar-refractivity contribution in [3.63, 3.8) is 0 Å². The number of ketones is 1. The van der Waals surface area contributed by atoms with Crippen LogP contribution in [0.2, 0.25) is 0 Å². The lowest BCUT2D eigenvalue weighted by Gasteiger charge is -2.35. The van der Waals surface area contributed by atoms with E-state index in [9.17, 15) is 14.4 Å². The second-order valence-electron chi connectivity index (χ2n) is 7.89. The van der Waals surface area contributed by atoms with Crippen molar-refractivity contribution >= 4 is 17.6 Å². The molecular formula is C25H24N2O3. The van der Waals surface area contributed by atoms with Crippen LogP contribution in [0.25, 0.3) is 0 Å². The first-order valence-corrected chi connectivity index (χ1v) is 9.68. The Morgan fingerprint density at radius 1 is 0.667 bits per heavy atom. The number of carbonyl (C=O) groups excluding carboxylic acids is 3. The number of amides is 2. The summed E-state index contributed by atoms with van der Waals surface area (Å²) >= 11 is 0. The molecule has 0 aliphatic rings. The van der Waals surface area contributed by atoms with Crippen LogP contribution in [0.15, 0.2) is 84.9 Å². The summed E-state index contributed by atoms with van der Waals surface area (Å²) < 4.78 is 0. The Morgan fingerprint density at radius 3 is 1.73 bits per heavy atom. The standard InChI is InChI=1S/C25H24N2O3/c1-25(2,3)27(24(30)19-13-8-5-9-14-19)26-23(29)21-16-10-15-20(17-21)22(28)18-11-6-4-7-12-18/h4-17H,1-3H3,(H,26,29). The largest absolute Gasteiger partial charge is 0.289 e. The van der Waals surface area contributed by atoms with Gasteiger partial charge in [0.05, 0.1) is 5.54 Å². The van der Waals surface area contributed by atoms with E-state index in [0.29, 0.717) is 22.3 Å². The molecule has 0 aliphatic carbocycles. The molecule has 0 fully saturated rings. The predicted molar refractivity (Wildman–Crippen MR) is 116 cm³/mol. The molecular weight excluding hydrogens is 376 g/mol. The summed E-state index contributed by atoms with van der Waals surface area (Å²) in [7, 11) is 0. The lowest BCUT2D eigenvalue weighted by molar-refractivity contribution is 0.0358. The Balaban J connectivity index is 1.85. The highest BCUT2D eigenvalue weighted by Gasteiger charge is 2.29. The molecule has 0 spiro atoms. The fourth-order valence-electron chi connectivity index (χ4n) is 2.96. The van der Waals surface area contributed by atoms with Crippen LogP contribution in [0, 0.1) is 0 Å². The van der Waals surface area contributed by atoms with Crippen molar-refractivity contribution in [2.24, 2.45) is 0 Å². The van der Waals surface area contributed by atoms with Gasteiger partial charge >= 0.3 is 0 Å². The molecule has 0 radical (unpaired) electrons. The lowest BCUT2D eigenvalue weighted by atomic mass is 10.0. The molecule has 1 N–H and O–H groups in total. The Hall–Kier alpha value is -3.73. The monoisotopic (exact) mass is 400 g/mol. The number of nitrogens with zero attached hydrogens (tertiary/aromatic N) is 1. The van der Waals surface area contributed by atoms with Crippen LogP contribution in [-0.4, -0.2) is 28.1 Å². The van der Waals surface area contributed by atoms with Gasteiger partial charge in [-0.25, -0.2) is 5.01 Å². The number of benzene rings is 3. The summed E-state index contributed by atoms with van der Waals surface area (Å²) in [4.78, 5) is 38.6. The first-order valence-electron chi connectivity index (χ1n) is 9.68. The summed E-state index contributed by atoms with van der Waals surface area (Å²) in [5.41, 5.74) is 3.78. The number of hydrogen-bond acceptors (Lipinski definition) is 3. The van der Waals surface area contributed by atoms with E-state index in [2.05, 4.69) is 5.43 Å². The van der Waals surface area contributed by atoms with Gasteiger partial charge in [-0.2, -0.15) is 0 Å². The summed E-state index contributed by atoms with van der Waals surface area (Å²) in [5.74, 6) is -0.942. The summed E-state index contributed by atoms with van der Waals surface area (Å²) in [6.07, 6.45) is 0.